The van der Waals surface area contributed by atoms with Crippen molar-refractivity contribution in [2.75, 3.05) is 13.2 Å². The lowest BCUT2D eigenvalue weighted by molar-refractivity contribution is 0.117. The molecule has 0 aliphatic carbocycles. The second-order valence-corrected chi connectivity index (χ2v) is 2.27. The smallest absolute Gasteiger partial charge is 0.407 e. The van der Waals surface area contributed by atoms with Gasteiger partial charge in [-0.15, -0.1) is 0 Å². The molecular formula is C7H12N2O3. The summed E-state index contributed by atoms with van der Waals surface area (Å²) < 4.78 is 4.50. The van der Waals surface area contributed by atoms with Crippen LogP contribution in [0, 0.1) is 11.3 Å². The van der Waals surface area contributed by atoms with E-state index in [1.165, 1.54) is 0 Å². The van der Waals surface area contributed by atoms with Crippen LogP contribution in [0.2, 0.25) is 0 Å². The van der Waals surface area contributed by atoms with E-state index in [9.17, 15) is 4.79 Å². The minimum atomic E-state index is -0.605. The highest BCUT2D eigenvalue weighted by atomic mass is 16.6. The zero-order chi connectivity index (χ0) is 9.40. The first-order valence-electron chi connectivity index (χ1n) is 3.61. The number of carbonyl (C=O) groups is 1. The molecule has 0 bridgehead atoms. The SMILES string of the molecule is CC(CC#N)NC(=O)OCCO. The van der Waals surface area contributed by atoms with Crippen LogP contribution in [0.3, 0.4) is 0 Å². The summed E-state index contributed by atoms with van der Waals surface area (Å²) in [6.45, 7) is 1.48. The van der Waals surface area contributed by atoms with Gasteiger partial charge in [-0.3, -0.25) is 0 Å². The molecule has 12 heavy (non-hydrogen) atoms. The number of nitrogens with zero attached hydrogens (tertiary/aromatic N) is 1. The number of amides is 1. The summed E-state index contributed by atoms with van der Waals surface area (Å²) in [5.74, 6) is 0. The van der Waals surface area contributed by atoms with Crippen LogP contribution < -0.4 is 5.32 Å². The molecule has 0 spiro atoms. The maximum absolute atomic E-state index is 10.7. The van der Waals surface area contributed by atoms with Crippen molar-refractivity contribution < 1.29 is 14.6 Å². The lowest BCUT2D eigenvalue weighted by Gasteiger charge is -2.09. The zero-order valence-electron chi connectivity index (χ0n) is 6.91. The van der Waals surface area contributed by atoms with Crippen molar-refractivity contribution in [3.05, 3.63) is 0 Å². The number of ether oxygens (including phenoxy) is 1. The van der Waals surface area contributed by atoms with Gasteiger partial charge in [-0.25, -0.2) is 4.79 Å². The van der Waals surface area contributed by atoms with Crippen molar-refractivity contribution in [2.45, 2.75) is 19.4 Å². The molecule has 68 valence electrons. The van der Waals surface area contributed by atoms with Gasteiger partial charge in [0, 0.05) is 6.04 Å². The van der Waals surface area contributed by atoms with Gasteiger partial charge in [-0.2, -0.15) is 5.26 Å². The van der Waals surface area contributed by atoms with E-state index in [0.29, 0.717) is 0 Å². The molecule has 0 heterocycles. The molecule has 0 aromatic rings. The molecule has 0 aromatic heterocycles. The van der Waals surface area contributed by atoms with Gasteiger partial charge >= 0.3 is 6.09 Å². The monoisotopic (exact) mass is 172 g/mol. The maximum Gasteiger partial charge on any atom is 0.407 e. The molecule has 0 rings (SSSR count). The average Bonchev–Trinajstić information content (AvgIpc) is 2.01. The molecule has 0 aromatic carbocycles. The van der Waals surface area contributed by atoms with Crippen LogP contribution in [-0.2, 0) is 4.74 Å². The van der Waals surface area contributed by atoms with Crippen LogP contribution in [0.25, 0.3) is 0 Å². The highest BCUT2D eigenvalue weighted by Gasteiger charge is 2.06. The summed E-state index contributed by atoms with van der Waals surface area (Å²) >= 11 is 0. The summed E-state index contributed by atoms with van der Waals surface area (Å²) in [6.07, 6.45) is -0.361. The van der Waals surface area contributed by atoms with E-state index in [1.807, 2.05) is 6.07 Å². The molecule has 1 amide bonds. The zero-order valence-corrected chi connectivity index (χ0v) is 6.91. The topological polar surface area (TPSA) is 82.4 Å². The Morgan fingerprint density at radius 3 is 3.00 bits per heavy atom. The van der Waals surface area contributed by atoms with E-state index >= 15 is 0 Å². The van der Waals surface area contributed by atoms with Crippen molar-refractivity contribution in [1.82, 2.24) is 5.32 Å². The molecule has 0 aliphatic rings. The van der Waals surface area contributed by atoms with E-state index in [1.54, 1.807) is 6.92 Å². The number of nitriles is 1. The molecule has 0 saturated heterocycles. The van der Waals surface area contributed by atoms with E-state index in [-0.39, 0.29) is 25.7 Å². The normalized spacial score (nSPS) is 11.4. The van der Waals surface area contributed by atoms with Gasteiger partial charge in [-0.1, -0.05) is 0 Å². The maximum atomic E-state index is 10.7. The molecule has 0 saturated carbocycles. The first kappa shape index (κ1) is 10.7. The van der Waals surface area contributed by atoms with Gasteiger partial charge in [-0.05, 0) is 6.92 Å². The molecule has 0 fully saturated rings. The highest BCUT2D eigenvalue weighted by molar-refractivity contribution is 5.67. The lowest BCUT2D eigenvalue weighted by Crippen LogP contribution is -2.33. The van der Waals surface area contributed by atoms with E-state index in [2.05, 4.69) is 10.1 Å². The number of aliphatic hydroxyl groups excluding tert-OH is 1. The molecule has 5 nitrogen and oxygen atoms in total. The molecular weight excluding hydrogens is 160 g/mol. The van der Waals surface area contributed by atoms with Gasteiger partial charge in [0.1, 0.15) is 6.61 Å². The van der Waals surface area contributed by atoms with E-state index in [4.69, 9.17) is 10.4 Å². The Labute approximate surface area is 70.9 Å². The largest absolute Gasteiger partial charge is 0.447 e. The summed E-state index contributed by atoms with van der Waals surface area (Å²) in [7, 11) is 0. The van der Waals surface area contributed by atoms with Gasteiger partial charge in [0.25, 0.3) is 0 Å². The van der Waals surface area contributed by atoms with Crippen molar-refractivity contribution in [2.24, 2.45) is 0 Å². The quantitative estimate of drug-likeness (QED) is 0.625. The Morgan fingerprint density at radius 2 is 2.50 bits per heavy atom. The summed E-state index contributed by atoms with van der Waals surface area (Å²) in [5.41, 5.74) is 0. The summed E-state index contributed by atoms with van der Waals surface area (Å²) in [6, 6.07) is 1.69. The second-order valence-electron chi connectivity index (χ2n) is 2.27. The van der Waals surface area contributed by atoms with Crippen LogP contribution in [0.4, 0.5) is 4.79 Å². The standard InChI is InChI=1S/C7H12N2O3/c1-6(2-3-8)9-7(11)12-5-4-10/h6,10H,2,4-5H2,1H3,(H,9,11). The minimum absolute atomic E-state index is 0.0227. The van der Waals surface area contributed by atoms with Crippen LogP contribution in [0.1, 0.15) is 13.3 Å². The van der Waals surface area contributed by atoms with Crippen LogP contribution in [-0.4, -0.2) is 30.5 Å². The molecule has 2 N–H and O–H groups in total. The highest BCUT2D eigenvalue weighted by Crippen LogP contribution is 1.88. The predicted octanol–water partition coefficient (Wildman–Crippen LogP) is 0.00708. The molecule has 0 aliphatic heterocycles. The molecule has 5 heteroatoms. The third-order valence-electron chi connectivity index (χ3n) is 1.09. The van der Waals surface area contributed by atoms with Gasteiger partial charge in [0.2, 0.25) is 0 Å². The van der Waals surface area contributed by atoms with Crippen LogP contribution in [0.15, 0.2) is 0 Å². The van der Waals surface area contributed by atoms with Crippen molar-refractivity contribution in [1.29, 1.82) is 5.26 Å². The number of rotatable bonds is 4. The summed E-state index contributed by atoms with van der Waals surface area (Å²) in [4.78, 5) is 10.7. The Kier molecular flexibility index (Phi) is 5.75. The fourth-order valence-corrected chi connectivity index (χ4v) is 0.569. The average molecular weight is 172 g/mol. The van der Waals surface area contributed by atoms with Crippen LogP contribution >= 0.6 is 0 Å². The fourth-order valence-electron chi connectivity index (χ4n) is 0.569. The van der Waals surface area contributed by atoms with Gasteiger partial charge in [0.05, 0.1) is 19.1 Å². The number of carbonyl (C=O) groups excluding carboxylic acids is 1. The number of hydrogen-bond acceptors (Lipinski definition) is 4. The van der Waals surface area contributed by atoms with Gasteiger partial charge in [0.15, 0.2) is 0 Å². The van der Waals surface area contributed by atoms with Gasteiger partial charge < -0.3 is 15.2 Å². The molecule has 1 atom stereocenters. The Hall–Kier alpha value is -1.28. The summed E-state index contributed by atoms with van der Waals surface area (Å²) in [5, 5.41) is 19.0. The number of nitrogens with one attached hydrogen (secondary N) is 1. The number of alkyl carbamates (subject to hydrolysis) is 1. The lowest BCUT2D eigenvalue weighted by atomic mass is 10.3. The predicted molar refractivity (Wildman–Crippen MR) is 41.3 cm³/mol. The van der Waals surface area contributed by atoms with E-state index < -0.39 is 6.09 Å². The molecule has 1 unspecified atom stereocenters. The third-order valence-corrected chi connectivity index (χ3v) is 1.09. The minimum Gasteiger partial charge on any atom is -0.447 e. The Morgan fingerprint density at radius 1 is 1.83 bits per heavy atom. The fraction of sp³-hybridized carbons (Fsp3) is 0.714. The first-order valence-corrected chi connectivity index (χ1v) is 3.61. The van der Waals surface area contributed by atoms with Crippen molar-refractivity contribution in [3.8, 4) is 6.07 Å². The number of hydrogen-bond donors (Lipinski definition) is 2. The number of aliphatic hydroxyl groups is 1. The van der Waals surface area contributed by atoms with Crippen molar-refractivity contribution >= 4 is 6.09 Å². The molecule has 0 radical (unpaired) electrons. The van der Waals surface area contributed by atoms with Crippen LogP contribution in [0.5, 0.6) is 0 Å². The first-order chi connectivity index (χ1) is 5.70. The van der Waals surface area contributed by atoms with Crippen molar-refractivity contribution in [3.63, 3.8) is 0 Å². The Balaban J connectivity index is 3.48. The second kappa shape index (κ2) is 6.43. The van der Waals surface area contributed by atoms with E-state index in [0.717, 1.165) is 0 Å². The Bertz CT molecular complexity index is 176. The third kappa shape index (κ3) is 5.50.